The molecule has 0 spiro atoms. The van der Waals surface area contributed by atoms with Gasteiger partial charge in [0.2, 0.25) is 15.9 Å². The molecule has 1 amide bonds. The summed E-state index contributed by atoms with van der Waals surface area (Å²) in [6.45, 7) is 4.51. The Morgan fingerprint density at radius 3 is 2.32 bits per heavy atom. The van der Waals surface area contributed by atoms with E-state index in [0.717, 1.165) is 22.6 Å². The van der Waals surface area contributed by atoms with Crippen molar-refractivity contribution < 1.29 is 17.9 Å². The standard InChI is InChI=1S/C24H28N2O4S/c1-4-23(26(31(3,28)29)20-13-15-21(16-14-20)30-5-2)24(27)25-17-19-11-8-10-18-9-6-7-12-22(18)19/h6-16,23H,4-5,17H2,1-3H3,(H,25,27)/t23-/m1/s1. The number of fused-ring (bicyclic) bond motifs is 1. The summed E-state index contributed by atoms with van der Waals surface area (Å²) in [5.74, 6) is 0.308. The van der Waals surface area contributed by atoms with E-state index in [2.05, 4.69) is 5.32 Å². The summed E-state index contributed by atoms with van der Waals surface area (Å²) in [5, 5.41) is 5.08. The smallest absolute Gasteiger partial charge is 0.244 e. The second kappa shape index (κ2) is 9.83. The van der Waals surface area contributed by atoms with Crippen molar-refractivity contribution in [2.75, 3.05) is 17.2 Å². The molecule has 0 aromatic heterocycles. The molecule has 0 saturated carbocycles. The van der Waals surface area contributed by atoms with E-state index in [4.69, 9.17) is 4.74 Å². The number of carbonyl (C=O) groups is 1. The summed E-state index contributed by atoms with van der Waals surface area (Å²) in [6.07, 6.45) is 1.45. The van der Waals surface area contributed by atoms with Crippen LogP contribution in [0.2, 0.25) is 0 Å². The van der Waals surface area contributed by atoms with Gasteiger partial charge in [-0.1, -0.05) is 49.4 Å². The maximum atomic E-state index is 13.1. The zero-order valence-corrected chi connectivity index (χ0v) is 18.9. The molecular formula is C24H28N2O4S. The predicted molar refractivity (Wildman–Crippen MR) is 125 cm³/mol. The Kier molecular flexibility index (Phi) is 7.17. The number of hydrogen-bond donors (Lipinski definition) is 1. The molecule has 0 heterocycles. The van der Waals surface area contributed by atoms with E-state index in [1.54, 1.807) is 31.2 Å². The van der Waals surface area contributed by atoms with Gasteiger partial charge in [-0.3, -0.25) is 9.10 Å². The van der Waals surface area contributed by atoms with Gasteiger partial charge >= 0.3 is 0 Å². The van der Waals surface area contributed by atoms with Crippen LogP contribution in [0.1, 0.15) is 25.8 Å². The number of ether oxygens (including phenoxy) is 1. The Hall–Kier alpha value is -3.06. The normalized spacial score (nSPS) is 12.4. The Bertz CT molecular complexity index is 1140. The molecular weight excluding hydrogens is 412 g/mol. The van der Waals surface area contributed by atoms with Crippen LogP contribution in [-0.2, 0) is 21.4 Å². The number of amides is 1. The van der Waals surface area contributed by atoms with E-state index in [1.165, 1.54) is 4.31 Å². The summed E-state index contributed by atoms with van der Waals surface area (Å²) >= 11 is 0. The Balaban J connectivity index is 1.83. The Morgan fingerprint density at radius 1 is 1.00 bits per heavy atom. The third kappa shape index (κ3) is 5.35. The summed E-state index contributed by atoms with van der Waals surface area (Å²) in [4.78, 5) is 13.1. The zero-order valence-electron chi connectivity index (χ0n) is 18.0. The molecule has 0 unspecified atom stereocenters. The molecule has 31 heavy (non-hydrogen) atoms. The molecule has 3 aromatic carbocycles. The van der Waals surface area contributed by atoms with Crippen molar-refractivity contribution in [2.24, 2.45) is 0 Å². The number of sulfonamides is 1. The predicted octanol–water partition coefficient (Wildman–Crippen LogP) is 4.10. The topological polar surface area (TPSA) is 75.7 Å². The molecule has 0 radical (unpaired) electrons. The van der Waals surface area contributed by atoms with Crippen molar-refractivity contribution in [1.29, 1.82) is 0 Å². The minimum atomic E-state index is -3.69. The van der Waals surface area contributed by atoms with E-state index in [1.807, 2.05) is 49.4 Å². The summed E-state index contributed by atoms with van der Waals surface area (Å²) in [5.41, 5.74) is 1.41. The number of carbonyl (C=O) groups excluding carboxylic acids is 1. The van der Waals surface area contributed by atoms with Crippen molar-refractivity contribution in [3.8, 4) is 5.75 Å². The molecule has 3 rings (SSSR count). The molecule has 0 fully saturated rings. The average Bonchev–Trinajstić information content (AvgIpc) is 2.76. The first-order chi connectivity index (χ1) is 14.8. The fourth-order valence-corrected chi connectivity index (χ4v) is 4.87. The van der Waals surface area contributed by atoms with Gasteiger partial charge < -0.3 is 10.1 Å². The van der Waals surface area contributed by atoms with E-state index in [9.17, 15) is 13.2 Å². The van der Waals surface area contributed by atoms with Crippen LogP contribution in [0.5, 0.6) is 5.75 Å². The number of nitrogens with one attached hydrogen (secondary N) is 1. The van der Waals surface area contributed by atoms with E-state index >= 15 is 0 Å². The van der Waals surface area contributed by atoms with Crippen LogP contribution in [0.25, 0.3) is 10.8 Å². The Morgan fingerprint density at radius 2 is 1.68 bits per heavy atom. The first-order valence-corrected chi connectivity index (χ1v) is 12.2. The number of rotatable bonds is 9. The fraction of sp³-hybridized carbons (Fsp3) is 0.292. The fourth-order valence-electron chi connectivity index (χ4n) is 3.66. The summed E-state index contributed by atoms with van der Waals surface area (Å²) in [7, 11) is -3.69. The van der Waals surface area contributed by atoms with Crippen LogP contribution in [0, 0.1) is 0 Å². The summed E-state index contributed by atoms with van der Waals surface area (Å²) < 4.78 is 31.8. The first kappa shape index (κ1) is 22.6. The zero-order chi connectivity index (χ0) is 22.4. The van der Waals surface area contributed by atoms with Crippen LogP contribution in [0.3, 0.4) is 0 Å². The lowest BCUT2D eigenvalue weighted by molar-refractivity contribution is -0.122. The van der Waals surface area contributed by atoms with E-state index < -0.39 is 16.1 Å². The average molecular weight is 441 g/mol. The first-order valence-electron chi connectivity index (χ1n) is 10.3. The van der Waals surface area contributed by atoms with Gasteiger partial charge in [-0.05, 0) is 53.9 Å². The lowest BCUT2D eigenvalue weighted by Crippen LogP contribution is -2.49. The highest BCUT2D eigenvalue weighted by Crippen LogP contribution is 2.25. The van der Waals surface area contributed by atoms with Crippen molar-refractivity contribution in [3.05, 3.63) is 72.3 Å². The highest BCUT2D eigenvalue weighted by molar-refractivity contribution is 7.92. The monoisotopic (exact) mass is 440 g/mol. The van der Waals surface area contributed by atoms with Gasteiger partial charge in [-0.25, -0.2) is 8.42 Å². The van der Waals surface area contributed by atoms with Gasteiger partial charge in [-0.15, -0.1) is 0 Å². The van der Waals surface area contributed by atoms with Gasteiger partial charge in [0.25, 0.3) is 0 Å². The number of benzene rings is 3. The third-order valence-electron chi connectivity index (χ3n) is 5.06. The largest absolute Gasteiger partial charge is 0.494 e. The van der Waals surface area contributed by atoms with Crippen LogP contribution < -0.4 is 14.4 Å². The lowest BCUT2D eigenvalue weighted by atomic mass is 10.0. The van der Waals surface area contributed by atoms with Gasteiger partial charge in [0.1, 0.15) is 11.8 Å². The number of hydrogen-bond acceptors (Lipinski definition) is 4. The van der Waals surface area contributed by atoms with Crippen molar-refractivity contribution in [1.82, 2.24) is 5.32 Å². The number of nitrogens with zero attached hydrogens (tertiary/aromatic N) is 1. The van der Waals surface area contributed by atoms with E-state index in [0.29, 0.717) is 31.0 Å². The number of anilines is 1. The second-order valence-electron chi connectivity index (χ2n) is 7.27. The van der Waals surface area contributed by atoms with Crippen molar-refractivity contribution in [2.45, 2.75) is 32.9 Å². The molecule has 7 heteroatoms. The van der Waals surface area contributed by atoms with Crippen molar-refractivity contribution >= 4 is 32.4 Å². The molecule has 0 aliphatic rings. The molecule has 0 aliphatic heterocycles. The molecule has 0 saturated heterocycles. The highest BCUT2D eigenvalue weighted by atomic mass is 32.2. The summed E-state index contributed by atoms with van der Waals surface area (Å²) in [6, 6.07) is 19.8. The van der Waals surface area contributed by atoms with Crippen LogP contribution in [0.15, 0.2) is 66.7 Å². The second-order valence-corrected chi connectivity index (χ2v) is 9.13. The third-order valence-corrected chi connectivity index (χ3v) is 6.24. The molecule has 0 aliphatic carbocycles. The minimum Gasteiger partial charge on any atom is -0.494 e. The van der Waals surface area contributed by atoms with E-state index in [-0.39, 0.29) is 5.91 Å². The van der Waals surface area contributed by atoms with Gasteiger partial charge in [0.05, 0.1) is 18.6 Å². The maximum absolute atomic E-state index is 13.1. The maximum Gasteiger partial charge on any atom is 0.244 e. The molecule has 1 atom stereocenters. The molecule has 3 aromatic rings. The van der Waals surface area contributed by atoms with Gasteiger partial charge in [-0.2, -0.15) is 0 Å². The molecule has 6 nitrogen and oxygen atoms in total. The van der Waals surface area contributed by atoms with Crippen LogP contribution >= 0.6 is 0 Å². The van der Waals surface area contributed by atoms with Crippen LogP contribution in [-0.4, -0.2) is 33.2 Å². The van der Waals surface area contributed by atoms with Crippen molar-refractivity contribution in [3.63, 3.8) is 0 Å². The lowest BCUT2D eigenvalue weighted by Gasteiger charge is -2.30. The van der Waals surface area contributed by atoms with Gasteiger partial charge in [0.15, 0.2) is 0 Å². The van der Waals surface area contributed by atoms with Gasteiger partial charge in [0, 0.05) is 6.54 Å². The minimum absolute atomic E-state index is 0.317. The highest BCUT2D eigenvalue weighted by Gasteiger charge is 2.31. The Labute approximate surface area is 183 Å². The van der Waals surface area contributed by atoms with Crippen LogP contribution in [0.4, 0.5) is 5.69 Å². The molecule has 164 valence electrons. The quantitative estimate of drug-likeness (QED) is 0.544. The molecule has 0 bridgehead atoms. The molecule has 1 N–H and O–H groups in total. The SMILES string of the molecule is CCOc1ccc(N([C@H](CC)C(=O)NCc2cccc3ccccc23)S(C)(=O)=O)cc1.